The molecule has 0 aromatic heterocycles. The Kier molecular flexibility index (Phi) is 4.74. The lowest BCUT2D eigenvalue weighted by molar-refractivity contribution is -0.120. The summed E-state index contributed by atoms with van der Waals surface area (Å²) in [6, 6.07) is 4.48. The standard InChI is InChI=1S/C14H19FN2O2/c1-2-19-13-6-5-11(8-12(13)15)17-14(18)10-4-3-7-16-9-10/h5-6,8,10,16H,2-4,7,9H2,1H3,(H,17,18). The van der Waals surface area contributed by atoms with Crippen molar-refractivity contribution in [2.45, 2.75) is 19.8 Å². The van der Waals surface area contributed by atoms with E-state index >= 15 is 0 Å². The molecule has 19 heavy (non-hydrogen) atoms. The fourth-order valence-corrected chi connectivity index (χ4v) is 2.17. The SMILES string of the molecule is CCOc1ccc(NC(=O)C2CCCNC2)cc1F. The number of benzene rings is 1. The minimum Gasteiger partial charge on any atom is -0.491 e. The van der Waals surface area contributed by atoms with E-state index in [1.54, 1.807) is 13.0 Å². The van der Waals surface area contributed by atoms with Gasteiger partial charge in [0.05, 0.1) is 12.5 Å². The first-order chi connectivity index (χ1) is 9.20. The number of anilines is 1. The van der Waals surface area contributed by atoms with Crippen LogP contribution in [0.1, 0.15) is 19.8 Å². The second-order valence-corrected chi connectivity index (χ2v) is 4.61. The zero-order chi connectivity index (χ0) is 13.7. The van der Waals surface area contributed by atoms with Gasteiger partial charge in [0.1, 0.15) is 0 Å². The van der Waals surface area contributed by atoms with Gasteiger partial charge in [-0.25, -0.2) is 4.39 Å². The minimum atomic E-state index is -0.457. The molecule has 1 saturated heterocycles. The molecule has 1 fully saturated rings. The van der Waals surface area contributed by atoms with Crippen LogP contribution in [0.5, 0.6) is 5.75 Å². The summed E-state index contributed by atoms with van der Waals surface area (Å²) in [6.45, 7) is 3.86. The molecule has 2 rings (SSSR count). The van der Waals surface area contributed by atoms with Crippen molar-refractivity contribution >= 4 is 11.6 Å². The van der Waals surface area contributed by atoms with Crippen LogP contribution in [0, 0.1) is 11.7 Å². The van der Waals surface area contributed by atoms with Crippen molar-refractivity contribution in [3.8, 4) is 5.75 Å². The largest absolute Gasteiger partial charge is 0.491 e. The smallest absolute Gasteiger partial charge is 0.228 e. The van der Waals surface area contributed by atoms with Crippen LogP contribution >= 0.6 is 0 Å². The number of carbonyl (C=O) groups is 1. The van der Waals surface area contributed by atoms with Crippen LogP contribution < -0.4 is 15.4 Å². The summed E-state index contributed by atoms with van der Waals surface area (Å²) in [5.41, 5.74) is 0.469. The molecule has 0 aliphatic carbocycles. The Morgan fingerprint density at radius 3 is 3.05 bits per heavy atom. The first-order valence-electron chi connectivity index (χ1n) is 6.64. The lowest BCUT2D eigenvalue weighted by atomic mass is 9.99. The van der Waals surface area contributed by atoms with Gasteiger partial charge in [0.25, 0.3) is 0 Å². The van der Waals surface area contributed by atoms with Gasteiger partial charge in [-0.15, -0.1) is 0 Å². The third kappa shape index (κ3) is 3.67. The molecular formula is C14H19FN2O2. The molecule has 1 atom stereocenters. The van der Waals surface area contributed by atoms with Crippen LogP contribution in [0.4, 0.5) is 10.1 Å². The Bertz CT molecular complexity index is 445. The molecule has 0 radical (unpaired) electrons. The fraction of sp³-hybridized carbons (Fsp3) is 0.500. The summed E-state index contributed by atoms with van der Waals surface area (Å²) in [4.78, 5) is 12.0. The van der Waals surface area contributed by atoms with E-state index in [9.17, 15) is 9.18 Å². The van der Waals surface area contributed by atoms with Crippen molar-refractivity contribution in [1.82, 2.24) is 5.32 Å². The van der Waals surface area contributed by atoms with Crippen LogP contribution in [0.15, 0.2) is 18.2 Å². The van der Waals surface area contributed by atoms with Crippen molar-refractivity contribution in [1.29, 1.82) is 0 Å². The minimum absolute atomic E-state index is 0.0385. The number of piperidine rings is 1. The van der Waals surface area contributed by atoms with Gasteiger partial charge in [-0.3, -0.25) is 4.79 Å². The molecule has 1 aromatic rings. The van der Waals surface area contributed by atoms with Crippen LogP contribution in [0.25, 0.3) is 0 Å². The number of rotatable bonds is 4. The molecule has 1 aliphatic heterocycles. The molecular weight excluding hydrogens is 247 g/mol. The molecule has 2 N–H and O–H groups in total. The van der Waals surface area contributed by atoms with Crippen molar-refractivity contribution in [3.63, 3.8) is 0 Å². The van der Waals surface area contributed by atoms with Crippen LogP contribution in [0.3, 0.4) is 0 Å². The Hall–Kier alpha value is -1.62. The number of amides is 1. The normalized spacial score (nSPS) is 18.9. The molecule has 0 spiro atoms. The third-order valence-corrected chi connectivity index (χ3v) is 3.17. The highest BCUT2D eigenvalue weighted by Crippen LogP contribution is 2.22. The van der Waals surface area contributed by atoms with Gasteiger partial charge < -0.3 is 15.4 Å². The summed E-state index contributed by atoms with van der Waals surface area (Å²) in [7, 11) is 0. The monoisotopic (exact) mass is 266 g/mol. The molecule has 5 heteroatoms. The number of hydrogen-bond donors (Lipinski definition) is 2. The van der Waals surface area contributed by atoms with E-state index < -0.39 is 5.82 Å². The number of hydrogen-bond acceptors (Lipinski definition) is 3. The van der Waals surface area contributed by atoms with E-state index in [0.29, 0.717) is 18.8 Å². The van der Waals surface area contributed by atoms with Gasteiger partial charge >= 0.3 is 0 Å². The Balaban J connectivity index is 1.98. The van der Waals surface area contributed by atoms with Crippen molar-refractivity contribution in [2.24, 2.45) is 5.92 Å². The first-order valence-corrected chi connectivity index (χ1v) is 6.64. The van der Waals surface area contributed by atoms with E-state index in [1.165, 1.54) is 12.1 Å². The molecule has 1 aliphatic rings. The zero-order valence-electron chi connectivity index (χ0n) is 11.0. The average molecular weight is 266 g/mol. The number of halogens is 1. The summed E-state index contributed by atoms with van der Waals surface area (Å²) >= 11 is 0. The van der Waals surface area contributed by atoms with Gasteiger partial charge in [0.15, 0.2) is 11.6 Å². The lowest BCUT2D eigenvalue weighted by Gasteiger charge is -2.22. The van der Waals surface area contributed by atoms with E-state index in [-0.39, 0.29) is 17.6 Å². The summed E-state index contributed by atoms with van der Waals surface area (Å²) in [5, 5.41) is 5.93. The molecule has 0 saturated carbocycles. The van der Waals surface area contributed by atoms with Gasteiger partial charge in [-0.1, -0.05) is 0 Å². The van der Waals surface area contributed by atoms with Crippen LogP contribution in [0.2, 0.25) is 0 Å². The molecule has 1 heterocycles. The predicted molar refractivity (Wildman–Crippen MR) is 71.8 cm³/mol. The number of ether oxygens (including phenoxy) is 1. The number of carbonyl (C=O) groups excluding carboxylic acids is 1. The molecule has 104 valence electrons. The molecule has 1 amide bonds. The summed E-state index contributed by atoms with van der Waals surface area (Å²) in [6.07, 6.45) is 1.87. The van der Waals surface area contributed by atoms with Gasteiger partial charge in [-0.05, 0) is 38.4 Å². The maximum absolute atomic E-state index is 13.6. The van der Waals surface area contributed by atoms with Gasteiger partial charge in [0.2, 0.25) is 5.91 Å². The molecule has 0 bridgehead atoms. The predicted octanol–water partition coefficient (Wildman–Crippen LogP) is 2.16. The average Bonchev–Trinajstić information content (AvgIpc) is 2.43. The van der Waals surface area contributed by atoms with Gasteiger partial charge in [0, 0.05) is 18.3 Å². The zero-order valence-corrected chi connectivity index (χ0v) is 11.0. The van der Waals surface area contributed by atoms with Crippen molar-refractivity contribution in [3.05, 3.63) is 24.0 Å². The van der Waals surface area contributed by atoms with E-state index in [2.05, 4.69) is 10.6 Å². The Labute approximate surface area is 112 Å². The molecule has 1 aromatic carbocycles. The van der Waals surface area contributed by atoms with Crippen LogP contribution in [-0.4, -0.2) is 25.6 Å². The van der Waals surface area contributed by atoms with Crippen molar-refractivity contribution < 1.29 is 13.9 Å². The van der Waals surface area contributed by atoms with Gasteiger partial charge in [-0.2, -0.15) is 0 Å². The quantitative estimate of drug-likeness (QED) is 0.878. The first kappa shape index (κ1) is 13.8. The van der Waals surface area contributed by atoms with E-state index in [4.69, 9.17) is 4.74 Å². The Morgan fingerprint density at radius 1 is 1.58 bits per heavy atom. The topological polar surface area (TPSA) is 50.4 Å². The lowest BCUT2D eigenvalue weighted by Crippen LogP contribution is -2.37. The van der Waals surface area contributed by atoms with Crippen molar-refractivity contribution in [2.75, 3.05) is 25.0 Å². The fourth-order valence-electron chi connectivity index (χ4n) is 2.17. The highest BCUT2D eigenvalue weighted by molar-refractivity contribution is 5.92. The molecule has 1 unspecified atom stereocenters. The van der Waals surface area contributed by atoms with E-state index in [0.717, 1.165) is 19.4 Å². The molecule has 4 nitrogen and oxygen atoms in total. The summed E-state index contributed by atoms with van der Waals surface area (Å²) < 4.78 is 18.8. The maximum Gasteiger partial charge on any atom is 0.228 e. The second-order valence-electron chi connectivity index (χ2n) is 4.61. The highest BCUT2D eigenvalue weighted by atomic mass is 19.1. The van der Waals surface area contributed by atoms with E-state index in [1.807, 2.05) is 0 Å². The highest BCUT2D eigenvalue weighted by Gasteiger charge is 2.21. The Morgan fingerprint density at radius 2 is 2.42 bits per heavy atom. The third-order valence-electron chi connectivity index (χ3n) is 3.17. The maximum atomic E-state index is 13.6. The van der Waals surface area contributed by atoms with Crippen LogP contribution in [-0.2, 0) is 4.79 Å². The summed E-state index contributed by atoms with van der Waals surface area (Å²) in [5.74, 6) is -0.347. The second kappa shape index (κ2) is 6.52. The number of nitrogens with one attached hydrogen (secondary N) is 2.